The van der Waals surface area contributed by atoms with Crippen molar-refractivity contribution in [1.29, 1.82) is 0 Å². The molecule has 8 amide bonds. The van der Waals surface area contributed by atoms with E-state index in [1.165, 1.54) is 85.8 Å². The summed E-state index contributed by atoms with van der Waals surface area (Å²) in [6.07, 6.45) is 2.74. The molecule has 22 heteroatoms. The molecule has 522 valence electrons. The van der Waals surface area contributed by atoms with Gasteiger partial charge in [-0.3, -0.25) is 52.7 Å². The first-order valence-electron chi connectivity index (χ1n) is 33.4. The van der Waals surface area contributed by atoms with E-state index in [1.54, 1.807) is 75.4 Å². The maximum Gasteiger partial charge on any atom is 0.246 e. The van der Waals surface area contributed by atoms with Crippen LogP contribution in [0.15, 0.2) is 12.2 Å². The number of Topliss-reactive ketones (excluding diaryl/α,β-unsaturated/α-hetero) is 3. The predicted molar refractivity (Wildman–Crippen MR) is 356 cm³/mol. The fourth-order valence-corrected chi connectivity index (χ4v) is 12.7. The highest BCUT2D eigenvalue weighted by Gasteiger charge is 2.47. The Labute approximate surface area is 547 Å². The molecule has 0 aliphatic carbocycles. The Bertz CT molecular complexity index is 2450. The Balaban J connectivity index is 4.53. The lowest BCUT2D eigenvalue weighted by atomic mass is 9.83. The molecule has 14 atom stereocenters. The largest absolute Gasteiger partial charge is 0.390 e. The summed E-state index contributed by atoms with van der Waals surface area (Å²) in [7, 11) is 13.5. The number of ketones is 3. The first-order chi connectivity index (χ1) is 42.2. The van der Waals surface area contributed by atoms with Crippen LogP contribution in [0, 0.1) is 59.2 Å². The lowest BCUT2D eigenvalue weighted by Gasteiger charge is -2.41. The number of likely N-dealkylation sites (N-methyl/N-ethyl adjacent to an activating group) is 7. The Hall–Kier alpha value is -5.61. The van der Waals surface area contributed by atoms with E-state index in [-0.39, 0.29) is 87.3 Å². The van der Waals surface area contributed by atoms with E-state index in [2.05, 4.69) is 10.6 Å². The minimum absolute atomic E-state index is 0.0128. The van der Waals surface area contributed by atoms with Gasteiger partial charge < -0.3 is 54.8 Å². The van der Waals surface area contributed by atoms with Crippen LogP contribution in [0.2, 0.25) is 0 Å². The van der Waals surface area contributed by atoms with Gasteiger partial charge in [-0.05, 0) is 101 Å². The van der Waals surface area contributed by atoms with Crippen molar-refractivity contribution in [3.8, 4) is 0 Å². The number of nitrogens with zero attached hydrogens (tertiary/aromatic N) is 7. The van der Waals surface area contributed by atoms with Gasteiger partial charge in [0, 0.05) is 99.4 Å². The third-order valence-electron chi connectivity index (χ3n) is 18.4. The molecule has 0 spiro atoms. The smallest absolute Gasteiger partial charge is 0.246 e. The number of methoxy groups -OCH3 is 1. The minimum Gasteiger partial charge on any atom is -0.390 e. The zero-order valence-corrected chi connectivity index (χ0v) is 60.6. The normalized spacial score (nSPS) is 27.3. The van der Waals surface area contributed by atoms with Crippen LogP contribution in [0.4, 0.5) is 0 Å². The zero-order chi connectivity index (χ0) is 70.4. The molecule has 0 aromatic rings. The van der Waals surface area contributed by atoms with Crippen LogP contribution in [-0.2, 0) is 57.5 Å². The van der Waals surface area contributed by atoms with Gasteiger partial charge in [-0.1, -0.05) is 116 Å². The van der Waals surface area contributed by atoms with Crippen LogP contribution >= 0.6 is 0 Å². The third-order valence-corrected chi connectivity index (χ3v) is 18.4. The van der Waals surface area contributed by atoms with Crippen molar-refractivity contribution in [3.63, 3.8) is 0 Å². The predicted octanol–water partition coefficient (Wildman–Crippen LogP) is 6.15. The number of allylic oxidation sites excluding steroid dienone is 2. The van der Waals surface area contributed by atoms with Crippen molar-refractivity contribution >= 4 is 64.6 Å². The molecule has 0 aromatic heterocycles. The molecule has 1 aliphatic heterocycles. The molecule has 0 aromatic carbocycles. The number of aliphatic hydroxyl groups is 1. The van der Waals surface area contributed by atoms with Crippen LogP contribution in [0.5, 0.6) is 0 Å². The van der Waals surface area contributed by atoms with E-state index in [0.29, 0.717) is 19.4 Å². The molecule has 0 radical (unpaired) electrons. The number of carbonyl (C=O) groups is 11. The summed E-state index contributed by atoms with van der Waals surface area (Å²) in [5.41, 5.74) is 0. The number of ether oxygens (including phenoxy) is 1. The summed E-state index contributed by atoms with van der Waals surface area (Å²) in [5, 5.41) is 18.2. The van der Waals surface area contributed by atoms with Crippen molar-refractivity contribution in [2.75, 3.05) is 76.6 Å². The van der Waals surface area contributed by atoms with Gasteiger partial charge in [0.15, 0.2) is 11.6 Å². The number of amides is 8. The SMILES string of the molecule is C/C=C/C[C@@H](C)[C@@H](O)C1C(=O)N[C@@H](CC)C(=O)N(C)[C@H](CCCNC)C(=O)N(C)[C@@H]([C@H](C)COC)C(=O)C[C@@H](C(C)C)C(=O)N(C)[C@@H](CC(C)C)C(=O)C[C@@H](C)C(=O)C[C@H](C)C(=O)N(C)[C@@H](CC(C)C)C(=O)N(C)[C@@H](CC(C)C)C(=O)N(C)[C@@H](C(C)C)C(=O)N1C. The van der Waals surface area contributed by atoms with Gasteiger partial charge in [0.2, 0.25) is 47.3 Å². The van der Waals surface area contributed by atoms with Crippen molar-refractivity contribution in [3.05, 3.63) is 12.2 Å². The fourth-order valence-electron chi connectivity index (χ4n) is 12.7. The summed E-state index contributed by atoms with van der Waals surface area (Å²) < 4.78 is 5.56. The third kappa shape index (κ3) is 23.4. The molecule has 1 fully saturated rings. The maximum absolute atomic E-state index is 15.3. The number of hydrogen-bond acceptors (Lipinski definition) is 14. The van der Waals surface area contributed by atoms with Gasteiger partial charge >= 0.3 is 0 Å². The van der Waals surface area contributed by atoms with Crippen molar-refractivity contribution in [1.82, 2.24) is 44.9 Å². The minimum atomic E-state index is -1.62. The van der Waals surface area contributed by atoms with Crippen molar-refractivity contribution in [2.24, 2.45) is 59.2 Å². The van der Waals surface area contributed by atoms with Gasteiger partial charge in [0.25, 0.3) is 0 Å². The van der Waals surface area contributed by atoms with E-state index in [9.17, 15) is 24.3 Å². The lowest BCUT2D eigenvalue weighted by Crippen LogP contribution is -2.64. The molecule has 0 saturated carbocycles. The topological polar surface area (TPSA) is 264 Å². The fraction of sp³-hybridized carbons (Fsp3) is 0.812. The molecule has 1 aliphatic rings. The lowest BCUT2D eigenvalue weighted by molar-refractivity contribution is -0.157. The molecule has 3 N–H and O–H groups in total. The second-order valence-electron chi connectivity index (χ2n) is 28.3. The summed E-state index contributed by atoms with van der Waals surface area (Å²) in [5.74, 6) is -11.5. The first kappa shape index (κ1) is 83.4. The highest BCUT2D eigenvalue weighted by atomic mass is 16.5. The van der Waals surface area contributed by atoms with Crippen LogP contribution in [0.1, 0.15) is 175 Å². The van der Waals surface area contributed by atoms with Crippen LogP contribution in [0.3, 0.4) is 0 Å². The number of hydrogen-bond donors (Lipinski definition) is 3. The Morgan fingerprint density at radius 2 is 0.989 bits per heavy atom. The molecule has 1 rings (SSSR count). The summed E-state index contributed by atoms with van der Waals surface area (Å²) >= 11 is 0. The number of rotatable bonds is 20. The highest BCUT2D eigenvalue weighted by molar-refractivity contribution is 6.00. The standard InChI is InChI=1S/C69H123N9O13/c1-26-28-30-45(13)61(82)60-62(83)71-50(27-2)65(86)72(18)51(31-29-32-70-17)66(87)77(23)59(48(16)39-91-25)57(81)38-49(43(9)10)64(85)73(19)52(33-40(3)4)56(80)36-46(14)55(79)37-47(15)63(84)74(20)53(34-41(5)6)67(88)75(21)54(35-42(7)8)68(89)76(22)58(44(11)12)69(90)78(60)24/h26,28,40-54,58-61,70,82H,27,29-39H2,1-25H3,(H,71,83)/b28-26+/t45-,46-,47+,48-,49+,50+,51-,52+,53+,54+,58+,59+,60?,61-/m1/s1. The number of carbonyl (C=O) groups excluding carboxylic acids is 11. The highest BCUT2D eigenvalue weighted by Crippen LogP contribution is 2.30. The van der Waals surface area contributed by atoms with E-state index < -0.39 is 149 Å². The van der Waals surface area contributed by atoms with Crippen LogP contribution < -0.4 is 10.6 Å². The van der Waals surface area contributed by atoms with Crippen molar-refractivity contribution < 1.29 is 62.6 Å². The second kappa shape index (κ2) is 39.2. The van der Waals surface area contributed by atoms with Gasteiger partial charge in [0.1, 0.15) is 42.0 Å². The van der Waals surface area contributed by atoms with Crippen molar-refractivity contribution in [2.45, 2.75) is 229 Å². The van der Waals surface area contributed by atoms with Gasteiger partial charge in [-0.15, -0.1) is 0 Å². The van der Waals surface area contributed by atoms with Gasteiger partial charge in [0.05, 0.1) is 24.8 Å². The Kier molecular flexibility index (Phi) is 35.9. The molecule has 1 unspecified atom stereocenters. The maximum atomic E-state index is 15.3. The monoisotopic (exact) mass is 1290 g/mol. The van der Waals surface area contributed by atoms with E-state index >= 15 is 33.6 Å². The average molecular weight is 1290 g/mol. The zero-order valence-electron chi connectivity index (χ0n) is 60.6. The quantitative estimate of drug-likeness (QED) is 0.0913. The Morgan fingerprint density at radius 1 is 0.538 bits per heavy atom. The molecule has 1 saturated heterocycles. The second-order valence-corrected chi connectivity index (χ2v) is 28.3. The average Bonchev–Trinajstić information content (AvgIpc) is 0.968. The molecule has 22 nitrogen and oxygen atoms in total. The van der Waals surface area contributed by atoms with Crippen LogP contribution in [-0.4, -0.2) is 235 Å². The number of nitrogens with one attached hydrogen (secondary N) is 2. The van der Waals surface area contributed by atoms with E-state index in [4.69, 9.17) is 4.74 Å². The molecular weight excluding hydrogens is 1160 g/mol. The summed E-state index contributed by atoms with van der Waals surface area (Å²) in [6.45, 7) is 29.2. The number of aliphatic hydroxyl groups excluding tert-OH is 1. The molecular formula is C69H123N9O13. The van der Waals surface area contributed by atoms with Gasteiger partial charge in [-0.2, -0.15) is 0 Å². The van der Waals surface area contributed by atoms with Gasteiger partial charge in [-0.25, -0.2) is 0 Å². The Morgan fingerprint density at radius 3 is 1.46 bits per heavy atom. The van der Waals surface area contributed by atoms with E-state index in [0.717, 1.165) is 4.90 Å². The first-order valence-corrected chi connectivity index (χ1v) is 33.4. The molecule has 1 heterocycles. The van der Waals surface area contributed by atoms with E-state index in [1.807, 2.05) is 54.5 Å². The summed E-state index contributed by atoms with van der Waals surface area (Å²) in [6, 6.07) is -9.74. The van der Waals surface area contributed by atoms with Crippen LogP contribution in [0.25, 0.3) is 0 Å². The summed E-state index contributed by atoms with van der Waals surface area (Å²) in [4.78, 5) is 173. The molecule has 0 bridgehead atoms. The molecule has 91 heavy (non-hydrogen) atoms.